The van der Waals surface area contributed by atoms with Gasteiger partial charge in [-0.3, -0.25) is 0 Å². The summed E-state index contributed by atoms with van der Waals surface area (Å²) in [5.41, 5.74) is 1.85. The average molecular weight is 292 g/mol. The number of hydrogen-bond donors (Lipinski definition) is 0. The van der Waals surface area contributed by atoms with E-state index in [1.165, 1.54) is 6.07 Å². The molecular formula is C14H11ClFN3O. The quantitative estimate of drug-likeness (QED) is 0.743. The van der Waals surface area contributed by atoms with Crippen molar-refractivity contribution < 1.29 is 9.13 Å². The number of pyridine rings is 1. The zero-order valence-electron chi connectivity index (χ0n) is 10.7. The van der Waals surface area contributed by atoms with E-state index in [2.05, 4.69) is 9.97 Å². The minimum atomic E-state index is -0.398. The Morgan fingerprint density at radius 2 is 2.15 bits per heavy atom. The summed E-state index contributed by atoms with van der Waals surface area (Å²) in [5.74, 6) is -0.0342. The topological polar surface area (TPSA) is 39.9 Å². The molecule has 2 aromatic heterocycles. The molecule has 0 amide bonds. The molecule has 3 rings (SSSR count). The molecule has 0 unspecified atom stereocenters. The van der Waals surface area contributed by atoms with Gasteiger partial charge in [0.2, 0.25) is 5.88 Å². The number of imidazole rings is 1. The zero-order chi connectivity index (χ0) is 14.1. The molecule has 6 heteroatoms. The molecule has 0 atom stereocenters. The summed E-state index contributed by atoms with van der Waals surface area (Å²) < 4.78 is 21.1. The maximum atomic E-state index is 13.7. The Kier molecular flexibility index (Phi) is 3.28. The molecule has 0 radical (unpaired) electrons. The van der Waals surface area contributed by atoms with Crippen LogP contribution in [0.5, 0.6) is 5.88 Å². The summed E-state index contributed by atoms with van der Waals surface area (Å²) in [7, 11) is 1.88. The van der Waals surface area contributed by atoms with Gasteiger partial charge in [-0.25, -0.2) is 14.4 Å². The maximum Gasteiger partial charge on any atom is 0.242 e. The molecule has 0 saturated carbocycles. The van der Waals surface area contributed by atoms with Crippen molar-refractivity contribution in [2.75, 3.05) is 0 Å². The summed E-state index contributed by atoms with van der Waals surface area (Å²) in [6.45, 7) is 0.00813. The second-order valence-electron chi connectivity index (χ2n) is 4.33. The second-order valence-corrected chi connectivity index (χ2v) is 4.74. The monoisotopic (exact) mass is 291 g/mol. The van der Waals surface area contributed by atoms with Gasteiger partial charge in [0.25, 0.3) is 0 Å². The van der Waals surface area contributed by atoms with Crippen LogP contribution in [0.25, 0.3) is 11.0 Å². The fourth-order valence-electron chi connectivity index (χ4n) is 1.95. The lowest BCUT2D eigenvalue weighted by atomic mass is 10.2. The number of aryl methyl sites for hydroxylation is 1. The van der Waals surface area contributed by atoms with Crippen molar-refractivity contribution in [1.82, 2.24) is 14.5 Å². The summed E-state index contributed by atoms with van der Waals surface area (Å²) in [5, 5.41) is 0.332. The van der Waals surface area contributed by atoms with E-state index in [9.17, 15) is 4.39 Å². The molecule has 0 aliphatic carbocycles. The number of hydrogen-bond acceptors (Lipinski definition) is 3. The first-order valence-corrected chi connectivity index (χ1v) is 6.36. The number of ether oxygens (including phenoxy) is 1. The first kappa shape index (κ1) is 12.9. The molecular weight excluding hydrogens is 281 g/mol. The van der Waals surface area contributed by atoms with Gasteiger partial charge in [-0.1, -0.05) is 17.7 Å². The van der Waals surface area contributed by atoms with Gasteiger partial charge >= 0.3 is 0 Å². The van der Waals surface area contributed by atoms with Crippen LogP contribution in [0.1, 0.15) is 5.56 Å². The standard InChI is InChI=1S/C14H11ClFN3O/c1-19-8-18-13-12(19)5-6-17-14(13)20-7-9-10(15)3-2-4-11(9)16/h2-6,8H,7H2,1H3. The van der Waals surface area contributed by atoms with Gasteiger partial charge in [0.05, 0.1) is 16.9 Å². The molecule has 0 aliphatic heterocycles. The third kappa shape index (κ3) is 2.20. The van der Waals surface area contributed by atoms with Gasteiger partial charge < -0.3 is 9.30 Å². The number of nitrogens with zero attached hydrogens (tertiary/aromatic N) is 3. The Labute approximate surface area is 119 Å². The molecule has 0 aliphatic rings. The molecule has 0 fully saturated rings. The van der Waals surface area contributed by atoms with Crippen molar-refractivity contribution in [1.29, 1.82) is 0 Å². The summed E-state index contributed by atoms with van der Waals surface area (Å²) in [4.78, 5) is 8.36. The first-order chi connectivity index (χ1) is 9.66. The first-order valence-electron chi connectivity index (χ1n) is 5.98. The minimum Gasteiger partial charge on any atom is -0.471 e. The molecule has 102 valence electrons. The predicted octanol–water partition coefficient (Wildman–Crippen LogP) is 3.34. The molecule has 1 aromatic carbocycles. The van der Waals surface area contributed by atoms with E-state index in [0.717, 1.165) is 5.52 Å². The van der Waals surface area contributed by atoms with Crippen LogP contribution < -0.4 is 4.74 Å². The number of rotatable bonds is 3. The van der Waals surface area contributed by atoms with Gasteiger partial charge in [0, 0.05) is 18.8 Å². The number of halogens is 2. The Bertz CT molecular complexity index is 752. The zero-order valence-corrected chi connectivity index (χ0v) is 11.4. The lowest BCUT2D eigenvalue weighted by Crippen LogP contribution is -2.01. The maximum absolute atomic E-state index is 13.7. The third-order valence-electron chi connectivity index (χ3n) is 3.02. The lowest BCUT2D eigenvalue weighted by molar-refractivity contribution is 0.291. The van der Waals surface area contributed by atoms with Crippen LogP contribution in [0.4, 0.5) is 4.39 Å². The number of aromatic nitrogens is 3. The normalized spacial score (nSPS) is 10.9. The SMILES string of the molecule is Cn1cnc2c(OCc3c(F)cccc3Cl)nccc21. The molecule has 0 spiro atoms. The van der Waals surface area contributed by atoms with Gasteiger partial charge in [0.15, 0.2) is 5.52 Å². The van der Waals surface area contributed by atoms with E-state index in [1.807, 2.05) is 17.7 Å². The highest BCUT2D eigenvalue weighted by atomic mass is 35.5. The summed E-state index contributed by atoms with van der Waals surface area (Å²) >= 11 is 5.96. The molecule has 20 heavy (non-hydrogen) atoms. The van der Waals surface area contributed by atoms with Crippen molar-refractivity contribution >= 4 is 22.6 Å². The largest absolute Gasteiger partial charge is 0.471 e. The Balaban J connectivity index is 1.91. The molecule has 2 heterocycles. The van der Waals surface area contributed by atoms with Crippen LogP contribution in [-0.4, -0.2) is 14.5 Å². The van der Waals surface area contributed by atoms with E-state index >= 15 is 0 Å². The highest BCUT2D eigenvalue weighted by Crippen LogP contribution is 2.24. The van der Waals surface area contributed by atoms with E-state index in [-0.39, 0.29) is 6.61 Å². The lowest BCUT2D eigenvalue weighted by Gasteiger charge is -2.08. The Hall–Kier alpha value is -2.14. The molecule has 0 saturated heterocycles. The van der Waals surface area contributed by atoms with Crippen LogP contribution >= 0.6 is 11.6 Å². The van der Waals surface area contributed by atoms with Gasteiger partial charge in [-0.2, -0.15) is 0 Å². The van der Waals surface area contributed by atoms with Crippen LogP contribution in [0.3, 0.4) is 0 Å². The number of fused-ring (bicyclic) bond motifs is 1. The number of benzene rings is 1. The van der Waals surface area contributed by atoms with Crippen LogP contribution in [-0.2, 0) is 13.7 Å². The fourth-order valence-corrected chi connectivity index (χ4v) is 2.17. The van der Waals surface area contributed by atoms with Gasteiger partial charge in [-0.15, -0.1) is 0 Å². The third-order valence-corrected chi connectivity index (χ3v) is 3.38. The van der Waals surface area contributed by atoms with Crippen LogP contribution in [0, 0.1) is 5.82 Å². The highest BCUT2D eigenvalue weighted by Gasteiger charge is 2.11. The molecule has 3 aromatic rings. The highest BCUT2D eigenvalue weighted by molar-refractivity contribution is 6.31. The predicted molar refractivity (Wildman–Crippen MR) is 74.3 cm³/mol. The fraction of sp³-hybridized carbons (Fsp3) is 0.143. The van der Waals surface area contributed by atoms with Crippen LogP contribution in [0.15, 0.2) is 36.8 Å². The van der Waals surface area contributed by atoms with E-state index in [4.69, 9.17) is 16.3 Å². The summed E-state index contributed by atoms with van der Waals surface area (Å²) in [6, 6.07) is 6.36. The average Bonchev–Trinajstić information content (AvgIpc) is 2.81. The summed E-state index contributed by atoms with van der Waals surface area (Å²) in [6.07, 6.45) is 3.30. The smallest absolute Gasteiger partial charge is 0.242 e. The van der Waals surface area contributed by atoms with Gasteiger partial charge in [0.1, 0.15) is 12.4 Å². The van der Waals surface area contributed by atoms with Crippen molar-refractivity contribution in [2.45, 2.75) is 6.61 Å². The van der Waals surface area contributed by atoms with Gasteiger partial charge in [-0.05, 0) is 18.2 Å². The van der Waals surface area contributed by atoms with E-state index in [1.54, 1.807) is 24.7 Å². The Morgan fingerprint density at radius 1 is 1.30 bits per heavy atom. The second kappa shape index (κ2) is 5.09. The van der Waals surface area contributed by atoms with Crippen molar-refractivity contribution in [3.63, 3.8) is 0 Å². The minimum absolute atomic E-state index is 0.00813. The van der Waals surface area contributed by atoms with Crippen LogP contribution in [0.2, 0.25) is 5.02 Å². The molecule has 4 nitrogen and oxygen atoms in total. The Morgan fingerprint density at radius 3 is 2.95 bits per heavy atom. The van der Waals surface area contributed by atoms with E-state index < -0.39 is 5.82 Å². The molecule has 0 bridgehead atoms. The molecule has 0 N–H and O–H groups in total. The van der Waals surface area contributed by atoms with Crippen molar-refractivity contribution in [3.8, 4) is 5.88 Å². The van der Waals surface area contributed by atoms with Crippen molar-refractivity contribution in [3.05, 3.63) is 53.2 Å². The van der Waals surface area contributed by atoms with Crippen molar-refractivity contribution in [2.24, 2.45) is 7.05 Å². The van der Waals surface area contributed by atoms with E-state index in [0.29, 0.717) is 22.0 Å².